The van der Waals surface area contributed by atoms with E-state index in [0.717, 1.165) is 11.3 Å². The molecule has 0 heterocycles. The van der Waals surface area contributed by atoms with Gasteiger partial charge in [-0.05, 0) is 24.4 Å². The molecule has 0 unspecified atom stereocenters. The molecule has 0 fully saturated rings. The zero-order valence-electron chi connectivity index (χ0n) is 7.45. The molecule has 0 saturated carbocycles. The van der Waals surface area contributed by atoms with Gasteiger partial charge in [-0.2, -0.15) is 0 Å². The summed E-state index contributed by atoms with van der Waals surface area (Å²) >= 11 is 4.72. The third kappa shape index (κ3) is 3.05. The molecule has 0 spiro atoms. The first-order chi connectivity index (χ1) is 6.74. The van der Waals surface area contributed by atoms with Gasteiger partial charge in [0.1, 0.15) is 6.61 Å². The van der Waals surface area contributed by atoms with E-state index in [1.54, 1.807) is 0 Å². The molecule has 0 aliphatic carbocycles. The molecule has 0 bridgehead atoms. The smallest absolute Gasteiger partial charge is 0.168 e. The van der Waals surface area contributed by atoms with Crippen LogP contribution in [-0.4, -0.2) is 16.8 Å². The van der Waals surface area contributed by atoms with Crippen molar-refractivity contribution >= 4 is 23.0 Å². The van der Waals surface area contributed by atoms with Crippen LogP contribution in [0.25, 0.3) is 0 Å². The minimum absolute atomic E-state index is 0.165. The highest BCUT2D eigenvalue weighted by Crippen LogP contribution is 2.12. The molecule has 1 aromatic carbocycles. The lowest BCUT2D eigenvalue weighted by atomic mass is 10.2. The van der Waals surface area contributed by atoms with E-state index in [1.807, 2.05) is 24.3 Å². The van der Waals surface area contributed by atoms with E-state index < -0.39 is 0 Å². The number of hydrogen-bond acceptors (Lipinski definition) is 2. The van der Waals surface area contributed by atoms with Gasteiger partial charge in [0, 0.05) is 5.56 Å². The van der Waals surface area contributed by atoms with E-state index in [-0.39, 0.29) is 11.7 Å². The van der Waals surface area contributed by atoms with Crippen LogP contribution in [-0.2, 0) is 0 Å². The van der Waals surface area contributed by atoms with Crippen LogP contribution in [0.1, 0.15) is 5.56 Å². The lowest BCUT2D eigenvalue weighted by Crippen LogP contribution is -2.19. The maximum absolute atomic E-state index is 8.56. The number of nitrogens with two attached hydrogens (primary N) is 1. The molecule has 14 heavy (non-hydrogen) atoms. The number of hydrogen-bond donors (Lipinski definition) is 3. The first kappa shape index (κ1) is 10.5. The normalized spacial score (nSPS) is 8.64. The topological polar surface area (TPSA) is 58.3 Å². The number of anilines is 1. The molecule has 0 amide bonds. The van der Waals surface area contributed by atoms with E-state index in [1.165, 1.54) is 0 Å². The minimum atomic E-state index is -0.165. The lowest BCUT2D eigenvalue weighted by Gasteiger charge is -2.05. The van der Waals surface area contributed by atoms with Crippen molar-refractivity contribution in [3.05, 3.63) is 29.8 Å². The number of thiocarbonyl (C=S) groups is 1. The van der Waals surface area contributed by atoms with Crippen molar-refractivity contribution in [2.24, 2.45) is 5.73 Å². The van der Waals surface area contributed by atoms with Gasteiger partial charge >= 0.3 is 0 Å². The fourth-order valence-corrected chi connectivity index (χ4v) is 1.08. The molecule has 1 rings (SSSR count). The molecule has 0 atom stereocenters. The molecule has 0 aliphatic heterocycles. The van der Waals surface area contributed by atoms with Crippen LogP contribution in [0.2, 0.25) is 0 Å². The molecular weight excluding hydrogens is 196 g/mol. The number of para-hydroxylation sites is 1. The highest BCUT2D eigenvalue weighted by atomic mass is 32.1. The predicted molar refractivity (Wildman–Crippen MR) is 60.8 cm³/mol. The van der Waals surface area contributed by atoms with Crippen LogP contribution in [0, 0.1) is 11.8 Å². The van der Waals surface area contributed by atoms with Crippen molar-refractivity contribution in [3.8, 4) is 11.8 Å². The Labute approximate surface area is 87.9 Å². The Bertz CT molecular complexity index is 393. The fraction of sp³-hybridized carbons (Fsp3) is 0.100. The second-order valence-corrected chi connectivity index (χ2v) is 2.93. The number of aliphatic hydroxyl groups is 1. The zero-order chi connectivity index (χ0) is 10.4. The molecule has 4 heteroatoms. The third-order valence-corrected chi connectivity index (χ3v) is 1.59. The summed E-state index contributed by atoms with van der Waals surface area (Å²) in [6.07, 6.45) is 0. The Balaban J connectivity index is 2.96. The Morgan fingerprint density at radius 2 is 2.21 bits per heavy atom. The predicted octanol–water partition coefficient (Wildman–Crippen LogP) is 0.686. The van der Waals surface area contributed by atoms with Crippen LogP contribution >= 0.6 is 12.2 Å². The van der Waals surface area contributed by atoms with Gasteiger partial charge in [-0.25, -0.2) is 0 Å². The van der Waals surface area contributed by atoms with Crippen LogP contribution in [0.3, 0.4) is 0 Å². The first-order valence-corrected chi connectivity index (χ1v) is 4.40. The third-order valence-electron chi connectivity index (χ3n) is 1.49. The molecule has 0 radical (unpaired) electrons. The average Bonchev–Trinajstić information content (AvgIpc) is 2.16. The number of benzene rings is 1. The Morgan fingerprint density at radius 1 is 1.50 bits per heavy atom. The molecule has 3 nitrogen and oxygen atoms in total. The molecular formula is C10H10N2OS. The summed E-state index contributed by atoms with van der Waals surface area (Å²) in [6, 6.07) is 7.35. The van der Waals surface area contributed by atoms with E-state index in [2.05, 4.69) is 17.2 Å². The minimum Gasteiger partial charge on any atom is -0.384 e. The van der Waals surface area contributed by atoms with Crippen molar-refractivity contribution in [2.75, 3.05) is 11.9 Å². The number of aliphatic hydroxyl groups excluding tert-OH is 1. The number of rotatable bonds is 1. The summed E-state index contributed by atoms with van der Waals surface area (Å²) in [4.78, 5) is 0. The van der Waals surface area contributed by atoms with Crippen LogP contribution in [0.4, 0.5) is 5.69 Å². The zero-order valence-corrected chi connectivity index (χ0v) is 8.27. The van der Waals surface area contributed by atoms with Crippen LogP contribution in [0.15, 0.2) is 24.3 Å². The molecule has 0 aromatic heterocycles. The number of nitrogens with one attached hydrogen (secondary N) is 1. The molecule has 0 saturated heterocycles. The largest absolute Gasteiger partial charge is 0.384 e. The van der Waals surface area contributed by atoms with Gasteiger partial charge in [-0.15, -0.1) is 0 Å². The average molecular weight is 206 g/mol. The van der Waals surface area contributed by atoms with Gasteiger partial charge in [0.15, 0.2) is 5.11 Å². The van der Waals surface area contributed by atoms with Gasteiger partial charge < -0.3 is 16.2 Å². The maximum Gasteiger partial charge on any atom is 0.168 e. The van der Waals surface area contributed by atoms with Gasteiger partial charge in [-0.1, -0.05) is 24.0 Å². The van der Waals surface area contributed by atoms with Crippen molar-refractivity contribution in [2.45, 2.75) is 0 Å². The van der Waals surface area contributed by atoms with Crippen LogP contribution in [0.5, 0.6) is 0 Å². The van der Waals surface area contributed by atoms with Crippen molar-refractivity contribution in [1.29, 1.82) is 0 Å². The summed E-state index contributed by atoms with van der Waals surface area (Å²) in [5.41, 5.74) is 6.85. The van der Waals surface area contributed by atoms with Gasteiger partial charge in [-0.3, -0.25) is 0 Å². The van der Waals surface area contributed by atoms with Gasteiger partial charge in [0.05, 0.1) is 5.69 Å². The standard InChI is InChI=1S/C10H10N2OS/c11-10(14)12-9-6-2-1-4-8(9)5-3-7-13/h1-2,4,6,13H,7H2,(H3,11,12,14). The molecule has 0 aliphatic rings. The monoisotopic (exact) mass is 206 g/mol. The molecule has 4 N–H and O–H groups in total. The second kappa shape index (κ2) is 5.22. The van der Waals surface area contributed by atoms with Crippen LogP contribution < -0.4 is 11.1 Å². The summed E-state index contributed by atoms with van der Waals surface area (Å²) < 4.78 is 0. The first-order valence-electron chi connectivity index (χ1n) is 3.99. The fourth-order valence-electron chi connectivity index (χ4n) is 0.969. The molecule has 72 valence electrons. The quantitative estimate of drug-likeness (QED) is 0.467. The maximum atomic E-state index is 8.56. The van der Waals surface area contributed by atoms with Gasteiger partial charge in [0.2, 0.25) is 0 Å². The summed E-state index contributed by atoms with van der Waals surface area (Å²) in [5.74, 6) is 5.35. The Morgan fingerprint density at radius 3 is 2.86 bits per heavy atom. The van der Waals surface area contributed by atoms with Gasteiger partial charge in [0.25, 0.3) is 0 Å². The Kier molecular flexibility index (Phi) is 3.92. The second-order valence-electron chi connectivity index (χ2n) is 2.49. The van der Waals surface area contributed by atoms with E-state index in [4.69, 9.17) is 23.1 Å². The van der Waals surface area contributed by atoms with E-state index >= 15 is 0 Å². The SMILES string of the molecule is NC(=S)Nc1ccccc1C#CCO. The van der Waals surface area contributed by atoms with Crippen molar-refractivity contribution < 1.29 is 5.11 Å². The van der Waals surface area contributed by atoms with Crippen molar-refractivity contribution in [1.82, 2.24) is 0 Å². The highest BCUT2D eigenvalue weighted by Gasteiger charge is 1.97. The van der Waals surface area contributed by atoms with E-state index in [9.17, 15) is 0 Å². The Hall–Kier alpha value is -1.57. The lowest BCUT2D eigenvalue weighted by molar-refractivity contribution is 0.350. The van der Waals surface area contributed by atoms with E-state index in [0.29, 0.717) is 0 Å². The summed E-state index contributed by atoms with van der Waals surface area (Å²) in [7, 11) is 0. The summed E-state index contributed by atoms with van der Waals surface area (Å²) in [5, 5.41) is 11.6. The summed E-state index contributed by atoms with van der Waals surface area (Å²) in [6.45, 7) is -0.165. The molecule has 1 aromatic rings. The van der Waals surface area contributed by atoms with Crippen molar-refractivity contribution in [3.63, 3.8) is 0 Å². The highest BCUT2D eigenvalue weighted by molar-refractivity contribution is 7.80.